The largest absolute Gasteiger partial charge is 0.464 e. The van der Waals surface area contributed by atoms with Crippen molar-refractivity contribution in [2.45, 2.75) is 194 Å². The third-order valence-corrected chi connectivity index (χ3v) is 10.4. The SMILES string of the molecule is CCCCCCCC/C=C\CCCCCCCC(=O)OCCN(CCOC(=O)CCCCCCC/C=C\CCCCCCCC)C(=O)SCCN(C)C. The van der Waals surface area contributed by atoms with Crippen LogP contribution >= 0.6 is 11.8 Å². The fourth-order valence-corrected chi connectivity index (χ4v) is 7.06. The second-order valence-corrected chi connectivity index (χ2v) is 16.1. The van der Waals surface area contributed by atoms with E-state index in [1.54, 1.807) is 4.90 Å². The first-order chi connectivity index (χ1) is 25.9. The molecule has 1 amide bonds. The smallest absolute Gasteiger partial charge is 0.305 e. The van der Waals surface area contributed by atoms with Gasteiger partial charge in [-0.05, 0) is 78.3 Å². The van der Waals surface area contributed by atoms with Crippen LogP contribution < -0.4 is 0 Å². The van der Waals surface area contributed by atoms with Crippen LogP contribution in [0.15, 0.2) is 24.3 Å². The van der Waals surface area contributed by atoms with E-state index in [2.05, 4.69) is 38.2 Å². The Morgan fingerprint density at radius 2 is 0.811 bits per heavy atom. The standard InChI is InChI=1S/C45H84N2O5S/c1-5-7-9-11-13-15-17-19-21-23-25-27-29-31-33-35-43(48)51-40-37-47(45(50)53-42-39-46(3)4)38-41-52-44(49)36-34-32-30-28-26-24-22-20-18-16-14-12-10-8-6-2/h19-22H,5-18,23-42H2,1-4H3/b21-19-,22-20-. The van der Waals surface area contributed by atoms with Gasteiger partial charge in [-0.2, -0.15) is 0 Å². The van der Waals surface area contributed by atoms with E-state index >= 15 is 0 Å². The number of rotatable bonds is 39. The predicted molar refractivity (Wildman–Crippen MR) is 229 cm³/mol. The summed E-state index contributed by atoms with van der Waals surface area (Å²) in [6.07, 6.45) is 42.0. The van der Waals surface area contributed by atoms with Gasteiger partial charge in [-0.25, -0.2) is 0 Å². The summed E-state index contributed by atoms with van der Waals surface area (Å²) in [6.45, 7) is 6.24. The Labute approximate surface area is 332 Å². The summed E-state index contributed by atoms with van der Waals surface area (Å²) < 4.78 is 11.0. The zero-order valence-corrected chi connectivity index (χ0v) is 36.0. The molecule has 53 heavy (non-hydrogen) atoms. The van der Waals surface area contributed by atoms with Gasteiger partial charge >= 0.3 is 11.9 Å². The van der Waals surface area contributed by atoms with E-state index in [-0.39, 0.29) is 30.4 Å². The average molecular weight is 765 g/mol. The Morgan fingerprint density at radius 1 is 0.472 bits per heavy atom. The zero-order chi connectivity index (χ0) is 38.9. The van der Waals surface area contributed by atoms with Gasteiger partial charge in [-0.1, -0.05) is 153 Å². The number of esters is 2. The van der Waals surface area contributed by atoms with E-state index in [1.165, 1.54) is 127 Å². The summed E-state index contributed by atoms with van der Waals surface area (Å²) in [4.78, 5) is 41.3. The van der Waals surface area contributed by atoms with Gasteiger partial charge in [0.05, 0.1) is 13.1 Å². The maximum Gasteiger partial charge on any atom is 0.305 e. The van der Waals surface area contributed by atoms with E-state index < -0.39 is 0 Å². The maximum atomic E-state index is 12.9. The lowest BCUT2D eigenvalue weighted by Crippen LogP contribution is -2.35. The molecule has 0 saturated carbocycles. The van der Waals surface area contributed by atoms with Crippen LogP contribution in [0.2, 0.25) is 0 Å². The van der Waals surface area contributed by atoms with E-state index in [0.29, 0.717) is 31.7 Å². The van der Waals surface area contributed by atoms with Crippen LogP contribution in [-0.4, -0.2) is 79.7 Å². The quantitative estimate of drug-likeness (QED) is 0.0350. The van der Waals surface area contributed by atoms with Crippen LogP contribution in [0.5, 0.6) is 0 Å². The molecule has 0 rings (SSSR count). The molecule has 0 aromatic carbocycles. The summed E-state index contributed by atoms with van der Waals surface area (Å²) in [6, 6.07) is 0. The van der Waals surface area contributed by atoms with Crippen molar-refractivity contribution in [1.82, 2.24) is 9.80 Å². The molecule has 0 aromatic heterocycles. The lowest BCUT2D eigenvalue weighted by atomic mass is 10.1. The van der Waals surface area contributed by atoms with Crippen molar-refractivity contribution in [3.05, 3.63) is 24.3 Å². The number of amides is 1. The van der Waals surface area contributed by atoms with Crippen molar-refractivity contribution in [2.75, 3.05) is 52.7 Å². The number of carbonyl (C=O) groups excluding carboxylic acids is 3. The molecule has 0 bridgehead atoms. The number of nitrogens with zero attached hydrogens (tertiary/aromatic N) is 2. The molecule has 0 N–H and O–H groups in total. The molecular formula is C45H84N2O5S. The number of thioether (sulfide) groups is 1. The number of ether oxygens (including phenoxy) is 2. The first kappa shape index (κ1) is 51.2. The Bertz CT molecular complexity index is 836. The molecule has 0 aromatic rings. The minimum atomic E-state index is -0.207. The summed E-state index contributed by atoms with van der Waals surface area (Å²) in [5, 5.41) is -0.0755. The molecule has 0 atom stereocenters. The normalized spacial score (nSPS) is 11.6. The van der Waals surface area contributed by atoms with Gasteiger partial charge < -0.3 is 19.3 Å². The lowest BCUT2D eigenvalue weighted by Gasteiger charge is -2.22. The first-order valence-electron chi connectivity index (χ1n) is 22.1. The van der Waals surface area contributed by atoms with E-state index in [4.69, 9.17) is 9.47 Å². The van der Waals surface area contributed by atoms with Gasteiger partial charge in [0, 0.05) is 25.1 Å². The monoisotopic (exact) mass is 765 g/mol. The van der Waals surface area contributed by atoms with E-state index in [1.807, 2.05) is 19.0 Å². The van der Waals surface area contributed by atoms with Crippen molar-refractivity contribution in [3.63, 3.8) is 0 Å². The molecule has 0 aliphatic heterocycles. The van der Waals surface area contributed by atoms with Crippen molar-refractivity contribution < 1.29 is 23.9 Å². The molecule has 0 aliphatic rings. The molecule has 0 fully saturated rings. The number of hydrogen-bond acceptors (Lipinski definition) is 7. The van der Waals surface area contributed by atoms with Gasteiger partial charge in [0.25, 0.3) is 5.24 Å². The lowest BCUT2D eigenvalue weighted by molar-refractivity contribution is -0.144. The highest BCUT2D eigenvalue weighted by Crippen LogP contribution is 2.13. The van der Waals surface area contributed by atoms with Gasteiger partial charge in [0.1, 0.15) is 13.2 Å². The zero-order valence-electron chi connectivity index (χ0n) is 35.2. The van der Waals surface area contributed by atoms with Gasteiger partial charge in [-0.15, -0.1) is 0 Å². The Morgan fingerprint density at radius 3 is 1.17 bits per heavy atom. The highest BCUT2D eigenvalue weighted by atomic mass is 32.2. The third-order valence-electron chi connectivity index (χ3n) is 9.56. The first-order valence-corrected chi connectivity index (χ1v) is 23.1. The van der Waals surface area contributed by atoms with E-state index in [0.717, 1.165) is 57.9 Å². The molecule has 0 heterocycles. The highest BCUT2D eigenvalue weighted by Gasteiger charge is 2.16. The van der Waals surface area contributed by atoms with Crippen LogP contribution in [0.4, 0.5) is 4.79 Å². The van der Waals surface area contributed by atoms with Crippen LogP contribution in [-0.2, 0) is 19.1 Å². The minimum absolute atomic E-state index is 0.0755. The van der Waals surface area contributed by atoms with Gasteiger partial charge in [0.2, 0.25) is 0 Å². The van der Waals surface area contributed by atoms with Crippen LogP contribution in [0.25, 0.3) is 0 Å². The second-order valence-electron chi connectivity index (χ2n) is 15.0. The average Bonchev–Trinajstić information content (AvgIpc) is 3.14. The summed E-state index contributed by atoms with van der Waals surface area (Å²) in [5.41, 5.74) is 0. The Kier molecular flexibility index (Phi) is 40.0. The molecule has 0 saturated heterocycles. The fraction of sp³-hybridized carbons (Fsp3) is 0.844. The van der Waals surface area contributed by atoms with Crippen molar-refractivity contribution in [1.29, 1.82) is 0 Å². The van der Waals surface area contributed by atoms with Crippen LogP contribution in [0.1, 0.15) is 194 Å². The third kappa shape index (κ3) is 39.7. The molecule has 0 unspecified atom stereocenters. The fourth-order valence-electron chi connectivity index (χ4n) is 6.07. The summed E-state index contributed by atoms with van der Waals surface area (Å²) in [7, 11) is 3.96. The van der Waals surface area contributed by atoms with Gasteiger partial charge in [0.15, 0.2) is 0 Å². The van der Waals surface area contributed by atoms with Crippen LogP contribution in [0.3, 0.4) is 0 Å². The summed E-state index contributed by atoms with van der Waals surface area (Å²) >= 11 is 1.25. The molecule has 7 nitrogen and oxygen atoms in total. The molecule has 0 aliphatic carbocycles. The van der Waals surface area contributed by atoms with Crippen molar-refractivity contribution in [3.8, 4) is 0 Å². The molecular weight excluding hydrogens is 681 g/mol. The minimum Gasteiger partial charge on any atom is -0.464 e. The number of carbonyl (C=O) groups is 3. The van der Waals surface area contributed by atoms with Gasteiger partial charge in [-0.3, -0.25) is 14.4 Å². The second kappa shape index (κ2) is 41.4. The topological polar surface area (TPSA) is 76.1 Å². The Balaban J connectivity index is 4.06. The number of unbranched alkanes of at least 4 members (excludes halogenated alkanes) is 22. The highest BCUT2D eigenvalue weighted by molar-refractivity contribution is 8.13. The van der Waals surface area contributed by atoms with E-state index in [9.17, 15) is 14.4 Å². The van der Waals surface area contributed by atoms with Crippen molar-refractivity contribution in [2.24, 2.45) is 0 Å². The Hall–Kier alpha value is -1.80. The van der Waals surface area contributed by atoms with Crippen molar-refractivity contribution >= 4 is 28.9 Å². The maximum absolute atomic E-state index is 12.9. The molecule has 0 radical (unpaired) electrons. The number of hydrogen-bond donors (Lipinski definition) is 0. The molecule has 0 spiro atoms. The summed E-state index contributed by atoms with van der Waals surface area (Å²) in [5.74, 6) is 0.260. The molecule has 8 heteroatoms. The number of allylic oxidation sites excluding steroid dienone is 4. The van der Waals surface area contributed by atoms with Crippen LogP contribution in [0, 0.1) is 0 Å². The molecule has 310 valence electrons. The predicted octanol–water partition coefficient (Wildman–Crippen LogP) is 12.9.